The molecule has 5 N–H and O–H groups in total. The summed E-state index contributed by atoms with van der Waals surface area (Å²) >= 11 is 0. The number of nitrogens with zero attached hydrogens (tertiary/aromatic N) is 2. The fourth-order valence-electron chi connectivity index (χ4n) is 13.0. The van der Waals surface area contributed by atoms with Crippen LogP contribution in [0.1, 0.15) is 165 Å². The first-order valence-electron chi connectivity index (χ1n) is 28.3. The predicted molar refractivity (Wildman–Crippen MR) is 293 cm³/mol. The van der Waals surface area contributed by atoms with Gasteiger partial charge in [-0.3, -0.25) is 9.59 Å². The average Bonchev–Trinajstić information content (AvgIpc) is 3.36. The molecule has 3 aliphatic rings. The summed E-state index contributed by atoms with van der Waals surface area (Å²) in [5.41, 5.74) is -3.37. The minimum atomic E-state index is -2.57. The monoisotopic (exact) mass is 1060 g/mol. The number of aliphatic hydroxyl groups is 5. The number of unbranched alkanes of at least 4 members (excludes halogenated alkanes) is 8. The topological polar surface area (TPSA) is 169 Å². The second-order valence-corrected chi connectivity index (χ2v) is 28.2. The Hall–Kier alpha value is -2.65. The summed E-state index contributed by atoms with van der Waals surface area (Å²) < 4.78 is 47.5. The quantitative estimate of drug-likeness (QED) is 0.0518. The number of benzene rings is 2. The molecule has 2 heterocycles. The second kappa shape index (κ2) is 27.8. The summed E-state index contributed by atoms with van der Waals surface area (Å²) in [5, 5.41) is 62.3. The molecule has 12 nitrogen and oxygen atoms in total. The maximum absolute atomic E-state index is 14.5. The minimum Gasteiger partial charge on any atom is -0.388 e. The zero-order valence-corrected chi connectivity index (χ0v) is 47.6. The largest absolute Gasteiger partial charge is 0.388 e. The van der Waals surface area contributed by atoms with Crippen LogP contribution in [0.4, 0.5) is 8.78 Å². The van der Waals surface area contributed by atoms with Crippen LogP contribution >= 0.6 is 7.26 Å². The Morgan fingerprint density at radius 3 is 1.86 bits per heavy atom. The number of carbonyl (C=O) groups excluding carboxylic acids is 2. The molecule has 1 amide bonds. The van der Waals surface area contributed by atoms with E-state index in [4.69, 9.17) is 14.2 Å². The van der Waals surface area contributed by atoms with Crippen LogP contribution in [0.15, 0.2) is 60.7 Å². The van der Waals surface area contributed by atoms with Gasteiger partial charge < -0.3 is 49.5 Å². The average molecular weight is 1060 g/mol. The van der Waals surface area contributed by atoms with E-state index < -0.39 is 85.0 Å². The first-order valence-corrected chi connectivity index (χ1v) is 30.6. The van der Waals surface area contributed by atoms with Gasteiger partial charge in [-0.25, -0.2) is 0 Å². The third-order valence-electron chi connectivity index (χ3n) is 17.4. The van der Waals surface area contributed by atoms with Crippen LogP contribution in [-0.4, -0.2) is 152 Å². The number of rotatable bonds is 19. The summed E-state index contributed by atoms with van der Waals surface area (Å²) in [7, 11) is 1.38. The van der Waals surface area contributed by atoms with Gasteiger partial charge in [-0.15, -0.1) is 0 Å². The number of hydrogen-bond donors (Lipinski definition) is 5. The SMILES string of the molecule is CC[C@H]1OC(=O)[C@H](C)[C@@H](O)[C@H](C)[C@@H](O[C@@H]2O[C@H](C)C[C@H](N(C)C)[C@H]2O)[C@](C)(O)C[C@@H](C)CN(C(=O)CCCCCCCCCCC[PH](c2ccccc2)(c2ccccc2)C2CCC(F)(F)CC2)[C@H](C)[C@@H](O)[C@]1(C)O. The summed E-state index contributed by atoms with van der Waals surface area (Å²) in [4.78, 5) is 31.6. The Balaban J connectivity index is 1.21. The molecule has 3 fully saturated rings. The fourth-order valence-corrected chi connectivity index (χ4v) is 19.0. The molecule has 0 bridgehead atoms. The molecule has 2 aliphatic heterocycles. The van der Waals surface area contributed by atoms with Crippen LogP contribution in [0.2, 0.25) is 0 Å². The van der Waals surface area contributed by atoms with Gasteiger partial charge in [0.15, 0.2) is 6.29 Å². The van der Waals surface area contributed by atoms with E-state index >= 15 is 0 Å². The van der Waals surface area contributed by atoms with Gasteiger partial charge >= 0.3 is 207 Å². The standard InChI is InChI=1S/C59H97F2N2O10P/c1-11-49-58(8,70)53(67)44(6)63(39-40(2)38-57(7,69)54(42(4)51(65)43(5)55(68)72-49)73-56-52(66)48(62(9)10)37-41(3)71-56)50(64)31-25-17-15-13-12-14-16-18-26-36-74(45-27-21-19-22-28-45,46-29-23-20-24-30-46)47-32-34-59(60,61)35-33-47/h19-24,27-30,40-44,47-49,51-54,56,65-67,69-70,74H,11-18,25-26,31-39H2,1-10H3/t40-,41-,42+,43-,44-,48+,49-,51+,52-,53-,54-,56+,57-,58-/m1/s1. The Labute approximate surface area is 443 Å². The number of likely N-dealkylation sites (N-methyl/N-ethyl adjacent to an activating group) is 1. The van der Waals surface area contributed by atoms with Crippen LogP contribution < -0.4 is 10.6 Å². The molecular weight excluding hydrogens is 966 g/mol. The van der Waals surface area contributed by atoms with Gasteiger partial charge in [0.1, 0.15) is 23.9 Å². The van der Waals surface area contributed by atoms with Crippen molar-refractivity contribution in [3.05, 3.63) is 60.7 Å². The summed E-state index contributed by atoms with van der Waals surface area (Å²) in [6, 6.07) is 20.2. The van der Waals surface area contributed by atoms with Gasteiger partial charge in [-0.05, 0) is 73.9 Å². The van der Waals surface area contributed by atoms with Crippen molar-refractivity contribution < 1.29 is 58.1 Å². The predicted octanol–water partition coefficient (Wildman–Crippen LogP) is 8.75. The summed E-state index contributed by atoms with van der Waals surface area (Å²) in [5.74, 6) is -5.98. The van der Waals surface area contributed by atoms with Crippen molar-refractivity contribution in [3.8, 4) is 0 Å². The Bertz CT molecular complexity index is 1950. The van der Waals surface area contributed by atoms with Crippen LogP contribution in [0.25, 0.3) is 0 Å². The van der Waals surface area contributed by atoms with E-state index in [-0.39, 0.29) is 68.3 Å². The number of esters is 1. The van der Waals surface area contributed by atoms with Crippen molar-refractivity contribution in [1.82, 2.24) is 9.80 Å². The molecule has 74 heavy (non-hydrogen) atoms. The number of ether oxygens (including phenoxy) is 3. The number of halogens is 2. The number of carbonyl (C=O) groups is 2. The minimum absolute atomic E-state index is 0.0302. The second-order valence-electron chi connectivity index (χ2n) is 23.7. The van der Waals surface area contributed by atoms with E-state index in [9.17, 15) is 43.9 Å². The fraction of sp³-hybridized carbons (Fsp3) is 0.763. The summed E-state index contributed by atoms with van der Waals surface area (Å²) in [6.07, 6.45) is 4.27. The number of alkyl halides is 2. The maximum Gasteiger partial charge on any atom is 0.126 e. The molecule has 0 unspecified atom stereocenters. The molecule has 0 radical (unpaired) electrons. The van der Waals surface area contributed by atoms with E-state index in [1.807, 2.05) is 45.0 Å². The molecule has 5 rings (SSSR count). The number of amides is 1. The maximum atomic E-state index is 14.5. The van der Waals surface area contributed by atoms with E-state index in [1.54, 1.807) is 32.6 Å². The molecule has 15 heteroatoms. The van der Waals surface area contributed by atoms with Gasteiger partial charge in [-0.1, -0.05) is 20.8 Å². The number of hydrogen-bond acceptors (Lipinski definition) is 11. The third kappa shape index (κ3) is 15.8. The molecule has 422 valence electrons. The van der Waals surface area contributed by atoms with Crippen molar-refractivity contribution >= 4 is 29.7 Å². The van der Waals surface area contributed by atoms with Crippen molar-refractivity contribution in [1.29, 1.82) is 0 Å². The number of cyclic esters (lactones) is 1. The van der Waals surface area contributed by atoms with Crippen LogP contribution in [0.5, 0.6) is 0 Å². The third-order valence-corrected chi connectivity index (χ3v) is 23.3. The molecular formula is C59H97F2N2O10P. The van der Waals surface area contributed by atoms with Crippen LogP contribution in [-0.2, 0) is 23.8 Å². The van der Waals surface area contributed by atoms with Crippen molar-refractivity contribution in [2.45, 2.75) is 242 Å². The first-order chi connectivity index (χ1) is 34.9. The molecule has 0 aromatic heterocycles. The Kier molecular flexibility index (Phi) is 23.4. The first kappa shape index (κ1) is 62.2. The van der Waals surface area contributed by atoms with Crippen molar-refractivity contribution in [2.24, 2.45) is 17.8 Å². The van der Waals surface area contributed by atoms with E-state index in [2.05, 4.69) is 48.5 Å². The van der Waals surface area contributed by atoms with Gasteiger partial charge in [-0.2, -0.15) is 0 Å². The Morgan fingerprint density at radius 1 is 0.811 bits per heavy atom. The Morgan fingerprint density at radius 2 is 1.34 bits per heavy atom. The molecule has 0 spiro atoms. The van der Waals surface area contributed by atoms with Crippen LogP contribution in [0, 0.1) is 17.8 Å². The molecule has 2 aromatic carbocycles. The van der Waals surface area contributed by atoms with Gasteiger partial charge in [0, 0.05) is 18.5 Å². The van der Waals surface area contributed by atoms with E-state index in [0.717, 1.165) is 57.5 Å². The normalized spacial score (nSPS) is 34.4. The van der Waals surface area contributed by atoms with Crippen LogP contribution in [0.3, 0.4) is 0 Å². The number of aliphatic hydroxyl groups excluding tert-OH is 3. The molecule has 2 aromatic rings. The molecule has 14 atom stereocenters. The van der Waals surface area contributed by atoms with Gasteiger partial charge in [0.05, 0.1) is 35.9 Å². The van der Waals surface area contributed by atoms with Crippen molar-refractivity contribution in [2.75, 3.05) is 26.8 Å². The zero-order valence-electron chi connectivity index (χ0n) is 46.6. The van der Waals surface area contributed by atoms with Crippen molar-refractivity contribution in [3.63, 3.8) is 0 Å². The molecule has 1 saturated carbocycles. The molecule has 1 aliphatic carbocycles. The van der Waals surface area contributed by atoms with E-state index in [1.165, 1.54) is 24.5 Å². The van der Waals surface area contributed by atoms with Gasteiger partial charge in [0.2, 0.25) is 0 Å². The molecule has 2 saturated heterocycles. The zero-order chi connectivity index (χ0) is 54.6. The summed E-state index contributed by atoms with van der Waals surface area (Å²) in [6.45, 7) is 13.5. The van der Waals surface area contributed by atoms with Gasteiger partial charge in [0.25, 0.3) is 0 Å². The van der Waals surface area contributed by atoms with E-state index in [0.29, 0.717) is 25.7 Å². The smallest absolute Gasteiger partial charge is 0.126 e.